The zero-order valence-electron chi connectivity index (χ0n) is 10.5. The monoisotopic (exact) mass is 216 g/mol. The van der Waals surface area contributed by atoms with Crippen LogP contribution >= 0.6 is 0 Å². The van der Waals surface area contributed by atoms with Gasteiger partial charge in [-0.1, -0.05) is 0 Å². The molecule has 0 saturated carbocycles. The maximum Gasteiger partial charge on any atom is 0.0817 e. The molecule has 0 heterocycles. The lowest BCUT2D eigenvalue weighted by Gasteiger charge is -1.86. The summed E-state index contributed by atoms with van der Waals surface area (Å²) in [5, 5.41) is 7.15. The first-order valence-electron chi connectivity index (χ1n) is 4.53. The average Bonchev–Trinajstić information content (AvgIpc) is 2.23. The topological polar surface area (TPSA) is 79.4 Å². The van der Waals surface area contributed by atoms with Crippen LogP contribution in [0.3, 0.4) is 0 Å². The van der Waals surface area contributed by atoms with Gasteiger partial charge in [0.1, 0.15) is 0 Å². The first-order valence-corrected chi connectivity index (χ1v) is 4.53. The van der Waals surface area contributed by atoms with Crippen molar-refractivity contribution in [2.45, 2.75) is 0 Å². The molecule has 0 unspecified atom stereocenters. The summed E-state index contributed by atoms with van der Waals surface area (Å²) in [6.45, 7) is 0. The zero-order valence-corrected chi connectivity index (χ0v) is 10.5. The van der Waals surface area contributed by atoms with Gasteiger partial charge in [0, 0.05) is 35.2 Å². The highest BCUT2D eigenvalue weighted by Gasteiger charge is 1.45. The second-order valence-electron chi connectivity index (χ2n) is 1.94. The average molecular weight is 216 g/mol. The van der Waals surface area contributed by atoms with Crippen LogP contribution in [0.5, 0.6) is 0 Å². The van der Waals surface area contributed by atoms with Gasteiger partial charge in [-0.3, -0.25) is 4.99 Å². The van der Waals surface area contributed by atoms with Crippen molar-refractivity contribution in [2.75, 3.05) is 42.3 Å². The maximum atomic E-state index is 3.62. The van der Waals surface area contributed by atoms with Crippen molar-refractivity contribution in [2.24, 2.45) is 9.98 Å². The van der Waals surface area contributed by atoms with E-state index >= 15 is 0 Å². The van der Waals surface area contributed by atoms with Crippen molar-refractivity contribution < 1.29 is 10.3 Å². The van der Waals surface area contributed by atoms with E-state index in [1.807, 2.05) is 14.1 Å². The molecule has 0 fully saturated rings. The molecule has 0 bridgehead atoms. The summed E-state index contributed by atoms with van der Waals surface area (Å²) in [7, 11) is 10.7. The molecule has 0 atom stereocenters. The standard InChI is InChI=1S/3C3H8N2/c3*1-4-3-5-2/h4H2,1-2H3;4-5H,1-2H3;3H,1-2H3,(H,4,5). The summed E-state index contributed by atoms with van der Waals surface area (Å²) in [5.41, 5.74) is 0. The maximum absolute atomic E-state index is 3.62. The number of aliphatic imine (C=N–C) groups is 2. The highest BCUT2D eigenvalue weighted by molar-refractivity contribution is 5.52. The van der Waals surface area contributed by atoms with Gasteiger partial charge >= 0.3 is 0 Å². The van der Waals surface area contributed by atoms with Crippen LogP contribution in [0.25, 0.3) is 0 Å². The molecule has 0 aromatic heterocycles. The minimum absolute atomic E-state index is 1.62. The Balaban J connectivity index is -0.000000144. The molecule has 0 saturated heterocycles. The van der Waals surface area contributed by atoms with Crippen molar-refractivity contribution in [3.05, 3.63) is 0 Å². The molecule has 0 amide bonds. The van der Waals surface area contributed by atoms with Gasteiger partial charge in [0.25, 0.3) is 0 Å². The minimum Gasteiger partial charge on any atom is -0.463 e. The number of hydrogen-bond acceptors (Lipinski definition) is 2. The number of quaternary nitrogens is 1. The molecule has 15 heavy (non-hydrogen) atoms. The highest BCUT2D eigenvalue weighted by Crippen LogP contribution is 1.36. The molecule has 0 spiro atoms. The number of nitrogens with zero attached hydrogens (tertiary/aromatic N) is 2. The van der Waals surface area contributed by atoms with Crippen LogP contribution in [0.1, 0.15) is 0 Å². The van der Waals surface area contributed by atoms with Crippen molar-refractivity contribution in [1.29, 1.82) is 0 Å². The van der Waals surface area contributed by atoms with Gasteiger partial charge in [-0.05, 0) is 7.05 Å². The van der Waals surface area contributed by atoms with Gasteiger partial charge in [0.15, 0.2) is 0 Å². The molecule has 0 aromatic carbocycles. The number of rotatable bonds is 3. The van der Waals surface area contributed by atoms with Crippen molar-refractivity contribution in [1.82, 2.24) is 10.6 Å². The third-order valence-electron chi connectivity index (χ3n) is 0.766. The lowest BCUT2D eigenvalue weighted by atomic mass is 11.1. The van der Waals surface area contributed by atoms with Gasteiger partial charge in [-0.15, -0.1) is 6.34 Å². The summed E-state index contributed by atoms with van der Waals surface area (Å²) >= 11 is 0. The van der Waals surface area contributed by atoms with Crippen LogP contribution in [-0.4, -0.2) is 61.3 Å². The molecule has 0 rings (SSSR count). The molecule has 6 nitrogen and oxygen atoms in total. The second-order valence-corrected chi connectivity index (χ2v) is 1.94. The van der Waals surface area contributed by atoms with E-state index in [0.717, 1.165) is 0 Å². The van der Waals surface area contributed by atoms with Crippen molar-refractivity contribution >= 4 is 19.0 Å². The van der Waals surface area contributed by atoms with Crippen LogP contribution in [0.15, 0.2) is 9.98 Å². The third kappa shape index (κ3) is 67.2. The van der Waals surface area contributed by atoms with Gasteiger partial charge in [-0.2, -0.15) is 6.34 Å². The first kappa shape index (κ1) is 19.2. The zero-order chi connectivity index (χ0) is 12.4. The molecule has 0 aliphatic carbocycles. The van der Waals surface area contributed by atoms with Crippen LogP contribution in [0.2, 0.25) is 0 Å². The Morgan fingerprint density at radius 2 is 1.93 bits per heavy atom. The molecule has 0 radical (unpaired) electrons. The van der Waals surface area contributed by atoms with E-state index in [4.69, 9.17) is 0 Å². The predicted molar refractivity (Wildman–Crippen MR) is 65.6 cm³/mol. The van der Waals surface area contributed by atoms with Crippen molar-refractivity contribution in [3.63, 3.8) is 0 Å². The van der Waals surface area contributed by atoms with Gasteiger partial charge in [0.05, 0.1) is 6.34 Å². The second kappa shape index (κ2) is 29.4. The minimum atomic E-state index is 1.62. The summed E-state index contributed by atoms with van der Waals surface area (Å²) in [6.07, 6.45) is 6.85. The lowest BCUT2D eigenvalue weighted by molar-refractivity contribution is -0.496. The SMILES string of the molecule is CN=CNC.CN=[C-][NH2+]C.CN[C-]=[NH+]C. The van der Waals surface area contributed by atoms with E-state index in [0.29, 0.717) is 0 Å². The third-order valence-corrected chi connectivity index (χ3v) is 0.766. The normalized spacial score (nSPS) is 9.47. The van der Waals surface area contributed by atoms with Crippen LogP contribution < -0.4 is 20.9 Å². The van der Waals surface area contributed by atoms with Gasteiger partial charge in [0.2, 0.25) is 0 Å². The summed E-state index contributed by atoms with van der Waals surface area (Å²) in [5.74, 6) is 0. The van der Waals surface area contributed by atoms with E-state index in [1.165, 1.54) is 0 Å². The fourth-order valence-corrected chi connectivity index (χ4v) is 0.383. The molecule has 5 N–H and O–H groups in total. The smallest absolute Gasteiger partial charge is 0.0817 e. The van der Waals surface area contributed by atoms with Crippen LogP contribution in [-0.2, 0) is 0 Å². The Bertz CT molecular complexity index is 124. The number of nitrogens with one attached hydrogen (secondary N) is 3. The van der Waals surface area contributed by atoms with E-state index in [-0.39, 0.29) is 0 Å². The molecule has 0 aromatic rings. The van der Waals surface area contributed by atoms with Gasteiger partial charge < -0.3 is 25.9 Å². The molecule has 0 aliphatic rings. The molecule has 6 heteroatoms. The van der Waals surface area contributed by atoms with Crippen molar-refractivity contribution in [3.8, 4) is 0 Å². The molecule has 90 valence electrons. The number of hydrogen-bond donors (Lipinski definition) is 4. The summed E-state index contributed by atoms with van der Waals surface area (Å²) in [4.78, 5) is 9.82. The quantitative estimate of drug-likeness (QED) is 0.170. The largest absolute Gasteiger partial charge is 0.463 e. The van der Waals surface area contributed by atoms with E-state index in [9.17, 15) is 0 Å². The highest BCUT2D eigenvalue weighted by atomic mass is 14.9. The van der Waals surface area contributed by atoms with E-state index in [1.54, 1.807) is 39.8 Å². The lowest BCUT2D eigenvalue weighted by Crippen LogP contribution is -2.77. The Morgan fingerprint density at radius 3 is 1.93 bits per heavy atom. The fourth-order valence-electron chi connectivity index (χ4n) is 0.383. The fraction of sp³-hybridized carbons (Fsp3) is 0.667. The molecular formula is C9H24N6. The Morgan fingerprint density at radius 1 is 1.33 bits per heavy atom. The number of nitrogens with two attached hydrogens (primary N) is 1. The summed E-state index contributed by atoms with van der Waals surface area (Å²) < 4.78 is 0. The predicted octanol–water partition coefficient (Wildman–Crippen LogP) is -3.60. The van der Waals surface area contributed by atoms with Gasteiger partial charge in [-0.25, -0.2) is 0 Å². The molecule has 0 aliphatic heterocycles. The van der Waals surface area contributed by atoms with E-state index < -0.39 is 0 Å². The Hall–Kier alpha value is -1.43. The Kier molecular flexibility index (Phi) is 37.6. The first-order chi connectivity index (χ1) is 7.24. The van der Waals surface area contributed by atoms with Crippen LogP contribution in [0.4, 0.5) is 0 Å². The van der Waals surface area contributed by atoms with E-state index in [2.05, 4.69) is 38.3 Å². The van der Waals surface area contributed by atoms with Crippen LogP contribution in [0, 0.1) is 0 Å². The Labute approximate surface area is 93.0 Å². The molecular weight excluding hydrogens is 192 g/mol. The summed E-state index contributed by atoms with van der Waals surface area (Å²) in [6, 6.07) is 0.